The first-order valence-electron chi connectivity index (χ1n) is 9.09. The van der Waals surface area contributed by atoms with Crippen molar-refractivity contribution < 1.29 is 9.18 Å². The van der Waals surface area contributed by atoms with E-state index in [0.29, 0.717) is 22.8 Å². The van der Waals surface area contributed by atoms with Gasteiger partial charge in [0.1, 0.15) is 17.3 Å². The smallest absolute Gasteiger partial charge is 0.267 e. The summed E-state index contributed by atoms with van der Waals surface area (Å²) in [6.07, 6.45) is 3.35. The predicted octanol–water partition coefficient (Wildman–Crippen LogP) is 4.35. The summed E-state index contributed by atoms with van der Waals surface area (Å²) in [6, 6.07) is 10.9. The van der Waals surface area contributed by atoms with E-state index in [0.717, 1.165) is 22.0 Å². The van der Waals surface area contributed by atoms with Gasteiger partial charge in [0.2, 0.25) is 0 Å². The van der Waals surface area contributed by atoms with Crippen molar-refractivity contribution in [1.29, 1.82) is 0 Å². The van der Waals surface area contributed by atoms with Crippen LogP contribution in [0.2, 0.25) is 0 Å². The first-order valence-corrected chi connectivity index (χ1v) is 9.09. The van der Waals surface area contributed by atoms with Gasteiger partial charge in [0.15, 0.2) is 0 Å². The first-order chi connectivity index (χ1) is 13.4. The fraction of sp³-hybridized carbons (Fsp3) is 0.182. The van der Waals surface area contributed by atoms with Crippen LogP contribution in [0.15, 0.2) is 48.8 Å². The third kappa shape index (κ3) is 3.29. The molecule has 142 valence electrons. The molecule has 2 N–H and O–H groups in total. The van der Waals surface area contributed by atoms with Crippen molar-refractivity contribution in [3.05, 3.63) is 82.8 Å². The second-order valence-electron chi connectivity index (χ2n) is 7.04. The number of rotatable bonds is 4. The molecule has 0 radical (unpaired) electrons. The van der Waals surface area contributed by atoms with Crippen LogP contribution >= 0.6 is 0 Å². The van der Waals surface area contributed by atoms with Gasteiger partial charge in [-0.3, -0.25) is 4.79 Å². The Morgan fingerprint density at radius 1 is 1.18 bits per heavy atom. The fourth-order valence-corrected chi connectivity index (χ4v) is 3.49. The number of carbonyl (C=O) groups is 1. The molecule has 0 aliphatic heterocycles. The van der Waals surface area contributed by atoms with Crippen molar-refractivity contribution in [3.63, 3.8) is 0 Å². The molecule has 0 atom stereocenters. The van der Waals surface area contributed by atoms with E-state index in [1.165, 1.54) is 6.07 Å². The Hall–Kier alpha value is -3.41. The number of aryl methyl sites for hydroxylation is 3. The highest BCUT2D eigenvalue weighted by molar-refractivity contribution is 5.98. The Kier molecular flexibility index (Phi) is 4.47. The number of benzene rings is 2. The normalized spacial score (nSPS) is 11.1. The number of aromatic nitrogens is 3. The van der Waals surface area contributed by atoms with E-state index in [2.05, 4.69) is 21.4 Å². The summed E-state index contributed by atoms with van der Waals surface area (Å²) in [4.78, 5) is 19.8. The Morgan fingerprint density at radius 3 is 2.71 bits per heavy atom. The van der Waals surface area contributed by atoms with Crippen molar-refractivity contribution in [1.82, 2.24) is 19.9 Å². The lowest BCUT2D eigenvalue weighted by atomic mass is 10.1. The van der Waals surface area contributed by atoms with Gasteiger partial charge in [0.25, 0.3) is 5.91 Å². The first kappa shape index (κ1) is 18.0. The van der Waals surface area contributed by atoms with Crippen LogP contribution in [0.1, 0.15) is 33.0 Å². The lowest BCUT2D eigenvalue weighted by Gasteiger charge is -2.09. The largest absolute Gasteiger partial charge is 0.351 e. The highest BCUT2D eigenvalue weighted by atomic mass is 19.1. The summed E-state index contributed by atoms with van der Waals surface area (Å²) in [5.41, 5.74) is 4.82. The molecule has 0 spiro atoms. The number of hydrogen-bond donors (Lipinski definition) is 2. The van der Waals surface area contributed by atoms with Crippen LogP contribution in [0.3, 0.4) is 0 Å². The molecule has 0 bridgehead atoms. The van der Waals surface area contributed by atoms with Crippen molar-refractivity contribution in [2.75, 3.05) is 0 Å². The van der Waals surface area contributed by atoms with Crippen LogP contribution < -0.4 is 5.32 Å². The van der Waals surface area contributed by atoms with E-state index < -0.39 is 0 Å². The number of imidazole rings is 1. The number of nitrogens with zero attached hydrogens (tertiary/aromatic N) is 2. The van der Waals surface area contributed by atoms with Crippen molar-refractivity contribution in [3.8, 4) is 5.69 Å². The maximum Gasteiger partial charge on any atom is 0.267 e. The second kappa shape index (κ2) is 6.96. The monoisotopic (exact) mass is 376 g/mol. The quantitative estimate of drug-likeness (QED) is 0.556. The Labute approximate surface area is 162 Å². The predicted molar refractivity (Wildman–Crippen MR) is 107 cm³/mol. The maximum absolute atomic E-state index is 14.5. The molecular formula is C22H21FN4O. The molecule has 0 aliphatic carbocycles. The molecule has 4 aromatic rings. The third-order valence-electron chi connectivity index (χ3n) is 4.88. The second-order valence-corrected chi connectivity index (χ2v) is 7.04. The summed E-state index contributed by atoms with van der Waals surface area (Å²) >= 11 is 0. The van der Waals surface area contributed by atoms with Gasteiger partial charge < -0.3 is 14.9 Å². The number of fused-ring (bicyclic) bond motifs is 1. The molecule has 4 rings (SSSR count). The average Bonchev–Trinajstić information content (AvgIpc) is 3.26. The van der Waals surface area contributed by atoms with E-state index in [1.807, 2.05) is 32.9 Å². The zero-order valence-electron chi connectivity index (χ0n) is 16.0. The Morgan fingerprint density at radius 2 is 2.00 bits per heavy atom. The van der Waals surface area contributed by atoms with Gasteiger partial charge in [-0.1, -0.05) is 12.1 Å². The third-order valence-corrected chi connectivity index (χ3v) is 4.88. The number of hydrogen-bond acceptors (Lipinski definition) is 2. The summed E-state index contributed by atoms with van der Waals surface area (Å²) in [6.45, 7) is 6.11. The highest BCUT2D eigenvalue weighted by Crippen LogP contribution is 2.22. The van der Waals surface area contributed by atoms with E-state index in [1.54, 1.807) is 29.1 Å². The van der Waals surface area contributed by atoms with Crippen LogP contribution in [-0.2, 0) is 6.54 Å². The molecular weight excluding hydrogens is 355 g/mol. The van der Waals surface area contributed by atoms with Crippen molar-refractivity contribution >= 4 is 16.8 Å². The molecule has 0 aliphatic rings. The van der Waals surface area contributed by atoms with E-state index >= 15 is 0 Å². The number of halogens is 1. The average molecular weight is 376 g/mol. The minimum absolute atomic E-state index is 0.219. The van der Waals surface area contributed by atoms with Gasteiger partial charge >= 0.3 is 0 Å². The van der Waals surface area contributed by atoms with Gasteiger partial charge in [0, 0.05) is 29.8 Å². The van der Waals surface area contributed by atoms with Gasteiger partial charge in [-0.05, 0) is 61.7 Å². The fourth-order valence-electron chi connectivity index (χ4n) is 3.49. The number of amides is 1. The van der Waals surface area contributed by atoms with Crippen molar-refractivity contribution in [2.24, 2.45) is 0 Å². The van der Waals surface area contributed by atoms with Gasteiger partial charge in [-0.2, -0.15) is 0 Å². The molecule has 1 amide bonds. The van der Waals surface area contributed by atoms with Crippen molar-refractivity contribution in [2.45, 2.75) is 27.3 Å². The molecule has 0 saturated heterocycles. The Balaban J connectivity index is 1.50. The zero-order valence-corrected chi connectivity index (χ0v) is 16.0. The van der Waals surface area contributed by atoms with E-state index in [9.17, 15) is 9.18 Å². The molecule has 2 heterocycles. The highest BCUT2D eigenvalue weighted by Gasteiger charge is 2.12. The molecule has 0 fully saturated rings. The molecule has 0 saturated carbocycles. The molecule has 0 unspecified atom stereocenters. The van der Waals surface area contributed by atoms with Gasteiger partial charge in [0.05, 0.1) is 5.69 Å². The van der Waals surface area contributed by atoms with Crippen LogP contribution in [0, 0.1) is 26.6 Å². The summed E-state index contributed by atoms with van der Waals surface area (Å²) in [5.74, 6) is 0.136. The van der Waals surface area contributed by atoms with Crippen LogP contribution in [0.4, 0.5) is 4.39 Å². The maximum atomic E-state index is 14.5. The van der Waals surface area contributed by atoms with Crippen LogP contribution in [0.25, 0.3) is 16.6 Å². The zero-order chi connectivity index (χ0) is 19.8. The molecule has 5 nitrogen and oxygen atoms in total. The summed E-state index contributed by atoms with van der Waals surface area (Å²) < 4.78 is 16.2. The van der Waals surface area contributed by atoms with E-state index in [-0.39, 0.29) is 18.3 Å². The Bertz CT molecular complexity index is 1190. The van der Waals surface area contributed by atoms with Gasteiger partial charge in [-0.15, -0.1) is 0 Å². The standard InChI is InChI=1S/C22H21FN4O/c1-13-8-14(2)17-11-20(26-19(17)9-13)22(28)25-12-16-4-5-21(18(23)10-16)27-7-6-24-15(27)3/h4-11,26H,12H2,1-3H3,(H,25,28). The lowest BCUT2D eigenvalue weighted by Crippen LogP contribution is -2.23. The minimum Gasteiger partial charge on any atom is -0.351 e. The summed E-state index contributed by atoms with van der Waals surface area (Å²) in [7, 11) is 0. The summed E-state index contributed by atoms with van der Waals surface area (Å²) in [5, 5.41) is 3.88. The van der Waals surface area contributed by atoms with Crippen LogP contribution in [0.5, 0.6) is 0 Å². The molecule has 2 aromatic heterocycles. The molecule has 6 heteroatoms. The molecule has 2 aromatic carbocycles. The number of H-pyrrole nitrogens is 1. The SMILES string of the molecule is Cc1cc(C)c2cc(C(=O)NCc3ccc(-n4ccnc4C)c(F)c3)[nH]c2c1. The minimum atomic E-state index is -0.357. The topological polar surface area (TPSA) is 62.7 Å². The van der Waals surface area contributed by atoms with Crippen LogP contribution in [-0.4, -0.2) is 20.4 Å². The number of aromatic amines is 1. The van der Waals surface area contributed by atoms with E-state index in [4.69, 9.17) is 0 Å². The lowest BCUT2D eigenvalue weighted by molar-refractivity contribution is 0.0946. The molecule has 28 heavy (non-hydrogen) atoms. The number of nitrogens with one attached hydrogen (secondary N) is 2. The van der Waals surface area contributed by atoms with Gasteiger partial charge in [-0.25, -0.2) is 9.37 Å². The number of carbonyl (C=O) groups excluding carboxylic acids is 1.